The number of aliphatic hydroxyl groups excluding tert-OH is 2. The molecule has 1 aromatic rings. The summed E-state index contributed by atoms with van der Waals surface area (Å²) in [6.45, 7) is 3.22. The van der Waals surface area contributed by atoms with E-state index in [-0.39, 0.29) is 31.4 Å². The van der Waals surface area contributed by atoms with Gasteiger partial charge in [-0.1, -0.05) is 5.57 Å². The Morgan fingerprint density at radius 3 is 2.38 bits per heavy atom. The van der Waals surface area contributed by atoms with Gasteiger partial charge < -0.3 is 15.3 Å². The second-order valence-electron chi connectivity index (χ2n) is 3.53. The monoisotopic (exact) mass is 245 g/mol. The summed E-state index contributed by atoms with van der Waals surface area (Å²) >= 11 is 0. The molecule has 3 N–H and O–H groups in total. The van der Waals surface area contributed by atoms with Gasteiger partial charge in [0.15, 0.2) is 0 Å². The Morgan fingerprint density at radius 2 is 1.94 bits per heavy atom. The van der Waals surface area contributed by atoms with Gasteiger partial charge in [-0.05, 0) is 19.9 Å². The maximum absolute atomic E-state index is 9.77. The van der Waals surface area contributed by atoms with Gasteiger partial charge in [0.2, 0.25) is 0 Å². The predicted molar refractivity (Wildman–Crippen MR) is 64.3 cm³/mol. The fourth-order valence-corrected chi connectivity index (χ4v) is 1.28. The van der Waals surface area contributed by atoms with E-state index in [9.17, 15) is 5.11 Å². The predicted octanol–water partition coefficient (Wildman–Crippen LogP) is 1.62. The number of pyridine rings is 1. The summed E-state index contributed by atoms with van der Waals surface area (Å²) in [7, 11) is 0. The first-order chi connectivity index (χ1) is 7.10. The van der Waals surface area contributed by atoms with Gasteiger partial charge in [0.25, 0.3) is 0 Å². The number of hydrogen-bond acceptors (Lipinski definition) is 4. The standard InChI is InChI=1S/C11H15NO3.ClH/c1-7(2)3-10-11(15)9(6-14)8(5-13)4-12-10;/h3-4,13-15H,5-6H2,1-2H3;1H. The Labute approximate surface area is 101 Å². The lowest BCUT2D eigenvalue weighted by Gasteiger charge is -2.09. The van der Waals surface area contributed by atoms with E-state index in [1.807, 2.05) is 13.8 Å². The highest BCUT2D eigenvalue weighted by molar-refractivity contribution is 5.85. The van der Waals surface area contributed by atoms with Crippen LogP contribution in [0.15, 0.2) is 11.8 Å². The molecule has 4 nitrogen and oxygen atoms in total. The van der Waals surface area contributed by atoms with Crippen molar-refractivity contribution in [2.24, 2.45) is 0 Å². The lowest BCUT2D eigenvalue weighted by Crippen LogP contribution is -1.98. The van der Waals surface area contributed by atoms with E-state index in [0.717, 1.165) is 5.57 Å². The number of nitrogens with zero attached hydrogens (tertiary/aromatic N) is 1. The lowest BCUT2D eigenvalue weighted by molar-refractivity contribution is 0.254. The molecule has 5 heteroatoms. The van der Waals surface area contributed by atoms with E-state index < -0.39 is 0 Å². The van der Waals surface area contributed by atoms with Gasteiger partial charge in [0.1, 0.15) is 11.4 Å². The number of aliphatic hydroxyl groups is 2. The minimum atomic E-state index is -0.312. The average Bonchev–Trinajstić information content (AvgIpc) is 2.20. The van der Waals surface area contributed by atoms with Gasteiger partial charge in [0.05, 0.1) is 13.2 Å². The molecule has 0 aliphatic heterocycles. The van der Waals surface area contributed by atoms with Crippen molar-refractivity contribution in [1.29, 1.82) is 0 Å². The Hall–Kier alpha value is -1.10. The van der Waals surface area contributed by atoms with Gasteiger partial charge in [0, 0.05) is 17.3 Å². The number of allylic oxidation sites excluding steroid dienone is 1. The zero-order chi connectivity index (χ0) is 11.4. The maximum atomic E-state index is 9.77. The molecule has 16 heavy (non-hydrogen) atoms. The third-order valence-electron chi connectivity index (χ3n) is 2.03. The highest BCUT2D eigenvalue weighted by atomic mass is 35.5. The number of aromatic nitrogens is 1. The molecule has 0 aliphatic rings. The maximum Gasteiger partial charge on any atom is 0.147 e. The van der Waals surface area contributed by atoms with Crippen LogP contribution in [0.25, 0.3) is 6.08 Å². The Kier molecular flexibility index (Phi) is 6.03. The third kappa shape index (κ3) is 3.20. The molecule has 0 bridgehead atoms. The smallest absolute Gasteiger partial charge is 0.147 e. The Bertz CT molecular complexity index is 387. The molecule has 0 unspecified atom stereocenters. The van der Waals surface area contributed by atoms with Gasteiger partial charge in [-0.25, -0.2) is 0 Å². The van der Waals surface area contributed by atoms with E-state index in [0.29, 0.717) is 16.8 Å². The van der Waals surface area contributed by atoms with Crippen LogP contribution in [0.5, 0.6) is 5.75 Å². The van der Waals surface area contributed by atoms with Crippen molar-refractivity contribution in [2.75, 3.05) is 0 Å². The first-order valence-electron chi connectivity index (χ1n) is 4.66. The summed E-state index contributed by atoms with van der Waals surface area (Å²) in [5.41, 5.74) is 2.19. The van der Waals surface area contributed by atoms with Gasteiger partial charge in [-0.3, -0.25) is 4.98 Å². The molecule has 0 amide bonds. The molecule has 0 radical (unpaired) electrons. The Balaban J connectivity index is 0.00000225. The fourth-order valence-electron chi connectivity index (χ4n) is 1.28. The molecular weight excluding hydrogens is 230 g/mol. The molecule has 0 saturated carbocycles. The summed E-state index contributed by atoms with van der Waals surface area (Å²) in [4.78, 5) is 4.00. The summed E-state index contributed by atoms with van der Waals surface area (Å²) in [5, 5.41) is 27.8. The summed E-state index contributed by atoms with van der Waals surface area (Å²) < 4.78 is 0. The zero-order valence-electron chi connectivity index (χ0n) is 9.27. The van der Waals surface area contributed by atoms with Crippen LogP contribution < -0.4 is 0 Å². The minimum Gasteiger partial charge on any atom is -0.505 e. The summed E-state index contributed by atoms with van der Waals surface area (Å²) in [6.07, 6.45) is 3.18. The quantitative estimate of drug-likeness (QED) is 0.757. The highest BCUT2D eigenvalue weighted by Crippen LogP contribution is 2.25. The molecular formula is C11H16ClNO3. The SMILES string of the molecule is CC(C)=Cc1ncc(CO)c(CO)c1O.Cl. The normalized spacial score (nSPS) is 9.50. The minimum absolute atomic E-state index is 0. The molecule has 0 saturated heterocycles. The molecule has 1 heterocycles. The molecule has 0 aromatic carbocycles. The van der Waals surface area contributed by atoms with Crippen molar-refractivity contribution in [3.63, 3.8) is 0 Å². The number of rotatable bonds is 3. The van der Waals surface area contributed by atoms with Crippen molar-refractivity contribution in [2.45, 2.75) is 27.1 Å². The van der Waals surface area contributed by atoms with Crippen LogP contribution in [0.4, 0.5) is 0 Å². The van der Waals surface area contributed by atoms with Crippen molar-refractivity contribution >= 4 is 18.5 Å². The first-order valence-corrected chi connectivity index (χ1v) is 4.66. The van der Waals surface area contributed by atoms with Crippen LogP contribution in [0.3, 0.4) is 0 Å². The first kappa shape index (κ1) is 14.9. The van der Waals surface area contributed by atoms with Crippen molar-refractivity contribution < 1.29 is 15.3 Å². The van der Waals surface area contributed by atoms with Crippen molar-refractivity contribution in [3.05, 3.63) is 28.6 Å². The highest BCUT2D eigenvalue weighted by Gasteiger charge is 2.11. The van der Waals surface area contributed by atoms with Crippen LogP contribution in [0, 0.1) is 0 Å². The van der Waals surface area contributed by atoms with Crippen LogP contribution in [-0.4, -0.2) is 20.3 Å². The second kappa shape index (κ2) is 6.48. The molecule has 0 fully saturated rings. The Morgan fingerprint density at radius 1 is 1.31 bits per heavy atom. The molecule has 90 valence electrons. The molecule has 0 atom stereocenters. The van der Waals surface area contributed by atoms with Crippen molar-refractivity contribution in [1.82, 2.24) is 4.98 Å². The van der Waals surface area contributed by atoms with E-state index in [2.05, 4.69) is 4.98 Å². The van der Waals surface area contributed by atoms with E-state index >= 15 is 0 Å². The van der Waals surface area contributed by atoms with Crippen molar-refractivity contribution in [3.8, 4) is 5.75 Å². The van der Waals surface area contributed by atoms with Gasteiger partial charge in [-0.15, -0.1) is 12.4 Å². The summed E-state index contributed by atoms with van der Waals surface area (Å²) in [5.74, 6) is -0.0646. The van der Waals surface area contributed by atoms with Gasteiger partial charge >= 0.3 is 0 Å². The zero-order valence-corrected chi connectivity index (χ0v) is 10.1. The lowest BCUT2D eigenvalue weighted by atomic mass is 10.1. The number of halogens is 1. The topological polar surface area (TPSA) is 73.6 Å². The molecule has 0 aliphatic carbocycles. The third-order valence-corrected chi connectivity index (χ3v) is 2.03. The largest absolute Gasteiger partial charge is 0.505 e. The average molecular weight is 246 g/mol. The molecule has 0 spiro atoms. The number of aromatic hydroxyl groups is 1. The molecule has 1 aromatic heterocycles. The van der Waals surface area contributed by atoms with E-state index in [1.165, 1.54) is 6.20 Å². The summed E-state index contributed by atoms with van der Waals surface area (Å²) in [6, 6.07) is 0. The fraction of sp³-hybridized carbons (Fsp3) is 0.364. The van der Waals surface area contributed by atoms with Crippen LogP contribution in [0.1, 0.15) is 30.7 Å². The van der Waals surface area contributed by atoms with Gasteiger partial charge in [-0.2, -0.15) is 0 Å². The van der Waals surface area contributed by atoms with Crippen LogP contribution >= 0.6 is 12.4 Å². The second-order valence-corrected chi connectivity index (χ2v) is 3.53. The molecule has 1 rings (SSSR count). The number of hydrogen-bond donors (Lipinski definition) is 3. The van der Waals surface area contributed by atoms with E-state index in [1.54, 1.807) is 6.08 Å². The van der Waals surface area contributed by atoms with Crippen LogP contribution in [0.2, 0.25) is 0 Å². The van der Waals surface area contributed by atoms with Crippen LogP contribution in [-0.2, 0) is 13.2 Å². The van der Waals surface area contributed by atoms with E-state index in [4.69, 9.17) is 10.2 Å².